The Morgan fingerprint density at radius 2 is 1.96 bits per heavy atom. The van der Waals surface area contributed by atoms with Crippen LogP contribution in [-0.2, 0) is 17.9 Å². The van der Waals surface area contributed by atoms with Gasteiger partial charge in [0.25, 0.3) is 11.8 Å². The van der Waals surface area contributed by atoms with E-state index in [9.17, 15) is 9.59 Å². The van der Waals surface area contributed by atoms with Gasteiger partial charge in [-0.2, -0.15) is 0 Å². The Labute approximate surface area is 169 Å². The third-order valence-electron chi connectivity index (χ3n) is 4.08. The molecule has 1 heterocycles. The van der Waals surface area contributed by atoms with Crippen molar-refractivity contribution < 1.29 is 14.5 Å². The molecule has 2 aromatic rings. The molecule has 7 heteroatoms. The molecule has 5 nitrogen and oxygen atoms in total. The molecule has 0 saturated heterocycles. The zero-order valence-corrected chi connectivity index (χ0v) is 17.2. The largest absolute Gasteiger partial charge is 0.355 e. The van der Waals surface area contributed by atoms with E-state index in [0.717, 1.165) is 19.7 Å². The van der Waals surface area contributed by atoms with Crippen LogP contribution in [0.5, 0.6) is 0 Å². The van der Waals surface area contributed by atoms with Crippen LogP contribution in [0.25, 0.3) is 0 Å². The third kappa shape index (κ3) is 6.50. The van der Waals surface area contributed by atoms with Crippen molar-refractivity contribution >= 4 is 34.8 Å². The first-order chi connectivity index (χ1) is 12.9. The first-order valence-electron chi connectivity index (χ1n) is 8.68. The first kappa shape index (κ1) is 21.2. The minimum atomic E-state index is -0.105. The van der Waals surface area contributed by atoms with Gasteiger partial charge in [-0.25, -0.2) is 0 Å². The van der Waals surface area contributed by atoms with Crippen molar-refractivity contribution in [3.05, 3.63) is 69.4 Å². The maximum Gasteiger partial charge on any atom is 0.278 e. The summed E-state index contributed by atoms with van der Waals surface area (Å²) in [4.78, 5) is 28.2. The highest BCUT2D eigenvalue weighted by atomic mass is 35.5. The zero-order valence-electron chi connectivity index (χ0n) is 15.6. The molecule has 144 valence electrons. The molecule has 1 aromatic heterocycles. The molecule has 1 aromatic carbocycles. The molecule has 0 radical (unpaired) electrons. The van der Waals surface area contributed by atoms with Crippen LogP contribution in [-0.4, -0.2) is 43.9 Å². The number of nitrogens with one attached hydrogen (secondary N) is 2. The lowest BCUT2D eigenvalue weighted by Gasteiger charge is -2.22. The second-order valence-corrected chi connectivity index (χ2v) is 8.16. The number of carbonyl (C=O) groups excluding carboxylic acids is 2. The topological polar surface area (TPSA) is 53.9 Å². The fourth-order valence-corrected chi connectivity index (χ4v) is 3.84. The molecular weight excluding hydrogens is 382 g/mol. The number of hydrogen-bond donors (Lipinski definition) is 2. The van der Waals surface area contributed by atoms with E-state index in [1.165, 1.54) is 11.3 Å². The molecule has 2 amide bonds. The number of benzene rings is 1. The predicted octanol–water partition coefficient (Wildman–Crippen LogP) is 1.99. The Morgan fingerprint density at radius 3 is 2.52 bits per heavy atom. The van der Waals surface area contributed by atoms with Crippen molar-refractivity contribution in [2.24, 2.45) is 0 Å². The van der Waals surface area contributed by atoms with Crippen LogP contribution in [0.3, 0.4) is 0 Å². The van der Waals surface area contributed by atoms with Gasteiger partial charge >= 0.3 is 0 Å². The molecule has 0 spiro atoms. The quantitative estimate of drug-likeness (QED) is 0.626. The van der Waals surface area contributed by atoms with Gasteiger partial charge in [0.15, 0.2) is 6.54 Å². The normalized spacial score (nSPS) is 11.7. The van der Waals surface area contributed by atoms with Gasteiger partial charge in [-0.15, -0.1) is 17.9 Å². The number of hydrogen-bond acceptors (Lipinski definition) is 3. The summed E-state index contributed by atoms with van der Waals surface area (Å²) in [6.07, 6.45) is 1.74. The van der Waals surface area contributed by atoms with E-state index < -0.39 is 0 Å². The summed E-state index contributed by atoms with van der Waals surface area (Å²) in [6.45, 7) is 5.87. The standard InChI is InChI=1S/C20H24ClN3O2S/c1-4-11-24(13-17-9-10-18(21)27-17)19(25)14-23(3)12-15-5-7-16(8-6-15)20(26)22-2/h4-10H,1,11-14H2,2-3H3,(H,22,26)/p+1. The first-order valence-corrected chi connectivity index (χ1v) is 9.87. The summed E-state index contributed by atoms with van der Waals surface area (Å²) < 4.78 is 0.721. The second-order valence-electron chi connectivity index (χ2n) is 6.36. The van der Waals surface area contributed by atoms with Gasteiger partial charge in [0, 0.05) is 29.6 Å². The summed E-state index contributed by atoms with van der Waals surface area (Å²) >= 11 is 7.46. The minimum absolute atomic E-state index is 0.0684. The number of amides is 2. The maximum atomic E-state index is 12.7. The fourth-order valence-electron chi connectivity index (χ4n) is 2.73. The minimum Gasteiger partial charge on any atom is -0.355 e. The molecule has 1 atom stereocenters. The third-order valence-corrected chi connectivity index (χ3v) is 5.30. The van der Waals surface area contributed by atoms with Crippen molar-refractivity contribution in [1.29, 1.82) is 0 Å². The summed E-state index contributed by atoms with van der Waals surface area (Å²) in [5.41, 5.74) is 1.70. The van der Waals surface area contributed by atoms with Gasteiger partial charge in [0.05, 0.1) is 17.9 Å². The van der Waals surface area contributed by atoms with Crippen LogP contribution in [0.1, 0.15) is 20.8 Å². The van der Waals surface area contributed by atoms with E-state index in [-0.39, 0.29) is 11.8 Å². The number of halogens is 1. The Morgan fingerprint density at radius 1 is 1.26 bits per heavy atom. The van der Waals surface area contributed by atoms with Crippen molar-refractivity contribution in [1.82, 2.24) is 10.2 Å². The molecule has 0 aliphatic rings. The molecule has 27 heavy (non-hydrogen) atoms. The highest BCUT2D eigenvalue weighted by molar-refractivity contribution is 7.16. The van der Waals surface area contributed by atoms with E-state index >= 15 is 0 Å². The van der Waals surface area contributed by atoms with Crippen LogP contribution in [0.2, 0.25) is 4.34 Å². The Hall–Kier alpha value is -2.15. The molecule has 2 N–H and O–H groups in total. The zero-order chi connectivity index (χ0) is 19.8. The smallest absolute Gasteiger partial charge is 0.278 e. The molecule has 0 fully saturated rings. The van der Waals surface area contributed by atoms with Crippen LogP contribution < -0.4 is 10.2 Å². The number of quaternary nitrogens is 1. The van der Waals surface area contributed by atoms with E-state index in [2.05, 4.69) is 11.9 Å². The van der Waals surface area contributed by atoms with E-state index in [4.69, 9.17) is 11.6 Å². The number of rotatable bonds is 9. The number of thiophene rings is 1. The number of nitrogens with zero attached hydrogens (tertiary/aromatic N) is 1. The van der Waals surface area contributed by atoms with Gasteiger partial charge < -0.3 is 15.1 Å². The van der Waals surface area contributed by atoms with Gasteiger partial charge in [0.1, 0.15) is 6.54 Å². The summed E-state index contributed by atoms with van der Waals surface area (Å²) in [5.74, 6) is -0.0370. The monoisotopic (exact) mass is 406 g/mol. The molecule has 1 unspecified atom stereocenters. The summed E-state index contributed by atoms with van der Waals surface area (Å²) in [5, 5.41) is 2.60. The second kappa shape index (κ2) is 10.3. The maximum absolute atomic E-state index is 12.7. The molecule has 2 rings (SSSR count). The van der Waals surface area contributed by atoms with Crippen molar-refractivity contribution in [2.45, 2.75) is 13.1 Å². The Bertz CT molecular complexity index is 789. The van der Waals surface area contributed by atoms with E-state index in [0.29, 0.717) is 31.7 Å². The highest BCUT2D eigenvalue weighted by Gasteiger charge is 2.18. The highest BCUT2D eigenvalue weighted by Crippen LogP contribution is 2.22. The van der Waals surface area contributed by atoms with Gasteiger partial charge in [-0.3, -0.25) is 9.59 Å². The molecule has 0 aliphatic carbocycles. The van der Waals surface area contributed by atoms with Crippen LogP contribution in [0.4, 0.5) is 0 Å². The average molecular weight is 407 g/mol. The number of likely N-dealkylation sites (N-methyl/N-ethyl adjacent to an activating group) is 1. The van der Waals surface area contributed by atoms with E-state index in [1.807, 2.05) is 31.3 Å². The van der Waals surface area contributed by atoms with Crippen LogP contribution >= 0.6 is 22.9 Å². The van der Waals surface area contributed by atoms with Crippen LogP contribution in [0.15, 0.2) is 49.1 Å². The van der Waals surface area contributed by atoms with Gasteiger partial charge in [-0.05, 0) is 24.3 Å². The average Bonchev–Trinajstić information content (AvgIpc) is 3.06. The molecular formula is C20H25ClN3O2S+. The summed E-state index contributed by atoms with van der Waals surface area (Å²) in [6, 6.07) is 11.2. The molecule has 0 aliphatic heterocycles. The van der Waals surface area contributed by atoms with Gasteiger partial charge in [0.2, 0.25) is 0 Å². The lowest BCUT2D eigenvalue weighted by Crippen LogP contribution is -3.08. The Balaban J connectivity index is 1.93. The Kier molecular flexibility index (Phi) is 8.03. The predicted molar refractivity (Wildman–Crippen MR) is 110 cm³/mol. The SMILES string of the molecule is C=CCN(Cc1ccc(Cl)s1)C(=O)C[NH+](C)Cc1ccc(C(=O)NC)cc1. The van der Waals surface area contributed by atoms with Crippen molar-refractivity contribution in [3.8, 4) is 0 Å². The number of carbonyl (C=O) groups is 2. The summed E-state index contributed by atoms with van der Waals surface area (Å²) in [7, 11) is 3.59. The van der Waals surface area contributed by atoms with Crippen molar-refractivity contribution in [2.75, 3.05) is 27.2 Å². The molecule has 0 bridgehead atoms. The molecule has 0 saturated carbocycles. The van der Waals surface area contributed by atoms with E-state index in [1.54, 1.807) is 30.2 Å². The van der Waals surface area contributed by atoms with Crippen LogP contribution in [0, 0.1) is 0 Å². The lowest BCUT2D eigenvalue weighted by atomic mass is 10.1. The lowest BCUT2D eigenvalue weighted by molar-refractivity contribution is -0.885. The van der Waals surface area contributed by atoms with Gasteiger partial charge in [-0.1, -0.05) is 29.8 Å². The fraction of sp³-hybridized carbons (Fsp3) is 0.300. The van der Waals surface area contributed by atoms with Crippen molar-refractivity contribution in [3.63, 3.8) is 0 Å².